The highest BCUT2D eigenvalue weighted by molar-refractivity contribution is 5.88. The van der Waals surface area contributed by atoms with Crippen molar-refractivity contribution in [3.05, 3.63) is 94.9 Å². The van der Waals surface area contributed by atoms with E-state index in [9.17, 15) is 19.2 Å². The Balaban J connectivity index is 0.00000231. The predicted molar refractivity (Wildman–Crippen MR) is 240 cm³/mol. The topological polar surface area (TPSA) is 175 Å². The number of methoxy groups -OCH3 is 2. The van der Waals surface area contributed by atoms with Crippen LogP contribution >= 0.6 is 0 Å². The molecule has 4 aliphatic rings. The maximum Gasteiger partial charge on any atom is 0.407 e. The first kappa shape index (κ1) is 41.5. The average molecular weight is 837 g/mol. The summed E-state index contributed by atoms with van der Waals surface area (Å²) in [6.45, 7) is 12.5. The quantitative estimate of drug-likeness (QED) is 0.108. The second-order valence-corrected chi connectivity index (χ2v) is 17.7. The Hall–Kier alpha value is -6.18. The van der Waals surface area contributed by atoms with E-state index in [-0.39, 0.29) is 35.4 Å². The number of fused-ring (bicyclic) bond motifs is 5. The van der Waals surface area contributed by atoms with Crippen LogP contribution in [0.4, 0.5) is 9.59 Å². The molecule has 1 saturated carbocycles. The molecule has 8 rings (SSSR count). The van der Waals surface area contributed by atoms with Gasteiger partial charge in [-0.05, 0) is 84.6 Å². The Kier molecular flexibility index (Phi) is 11.4. The number of carbonyl (C=O) groups excluding carboxylic acids is 4. The molecular weight excluding hydrogens is 773 g/mol. The van der Waals surface area contributed by atoms with E-state index in [1.54, 1.807) is 9.80 Å². The number of nitrogens with zero attached hydrogens (tertiary/aromatic N) is 4. The number of alkyl carbamates (subject to hydrolysis) is 2. The Morgan fingerprint density at radius 2 is 1.11 bits per heavy atom. The smallest absolute Gasteiger partial charge is 0.407 e. The van der Waals surface area contributed by atoms with E-state index in [1.165, 1.54) is 37.3 Å². The number of aromatic nitrogens is 4. The van der Waals surface area contributed by atoms with Gasteiger partial charge in [0, 0.05) is 24.4 Å². The van der Waals surface area contributed by atoms with Crippen molar-refractivity contribution >= 4 is 24.0 Å². The third kappa shape index (κ3) is 7.83. The van der Waals surface area contributed by atoms with E-state index in [0.29, 0.717) is 36.6 Å². The molecule has 2 aliphatic carbocycles. The summed E-state index contributed by atoms with van der Waals surface area (Å²) in [6.07, 6.45) is 10.00. The van der Waals surface area contributed by atoms with Crippen LogP contribution in [0.5, 0.6) is 0 Å². The van der Waals surface area contributed by atoms with Gasteiger partial charge in [0.1, 0.15) is 35.8 Å². The Morgan fingerprint density at radius 1 is 0.672 bits per heavy atom. The molecule has 14 nitrogen and oxygen atoms in total. The van der Waals surface area contributed by atoms with Crippen molar-refractivity contribution in [3.63, 3.8) is 0 Å². The summed E-state index contributed by atoms with van der Waals surface area (Å²) in [7, 11) is 2.58. The zero-order valence-electron chi connectivity index (χ0n) is 36.2. The molecule has 2 aliphatic heterocycles. The van der Waals surface area contributed by atoms with Gasteiger partial charge in [-0.25, -0.2) is 19.6 Å². The number of aromatic amines is 2. The fourth-order valence-electron chi connectivity index (χ4n) is 9.79. The molecule has 61 heavy (non-hydrogen) atoms. The number of imidazole rings is 2. The maximum atomic E-state index is 13.9. The van der Waals surface area contributed by atoms with Crippen LogP contribution in [0.25, 0.3) is 33.6 Å². The van der Waals surface area contributed by atoms with E-state index >= 15 is 0 Å². The molecule has 4 N–H and O–H groups in total. The maximum absolute atomic E-state index is 13.9. The molecule has 2 unspecified atom stereocenters. The van der Waals surface area contributed by atoms with Crippen molar-refractivity contribution in [2.75, 3.05) is 27.3 Å². The van der Waals surface area contributed by atoms with Gasteiger partial charge in [-0.1, -0.05) is 87.4 Å². The highest BCUT2D eigenvalue weighted by Crippen LogP contribution is 2.58. The van der Waals surface area contributed by atoms with Crippen molar-refractivity contribution in [2.45, 2.75) is 96.8 Å². The van der Waals surface area contributed by atoms with Gasteiger partial charge in [0.05, 0.1) is 38.0 Å². The Labute approximate surface area is 362 Å². The van der Waals surface area contributed by atoms with E-state index < -0.39 is 30.3 Å². The van der Waals surface area contributed by atoms with Gasteiger partial charge in [-0.15, -0.1) is 0 Å². The number of rotatable bonds is 11. The molecule has 0 radical (unpaired) electrons. The number of amides is 4. The lowest BCUT2D eigenvalue weighted by Gasteiger charge is -2.30. The molecule has 2 aromatic heterocycles. The van der Waals surface area contributed by atoms with E-state index in [1.807, 2.05) is 60.0 Å². The van der Waals surface area contributed by atoms with Crippen LogP contribution in [0.1, 0.15) is 113 Å². The van der Waals surface area contributed by atoms with Crippen LogP contribution < -0.4 is 10.6 Å². The minimum atomic E-state index is -0.734. The summed E-state index contributed by atoms with van der Waals surface area (Å²) >= 11 is 0. The molecule has 2 bridgehead atoms. The van der Waals surface area contributed by atoms with Crippen LogP contribution in [-0.4, -0.2) is 93.1 Å². The van der Waals surface area contributed by atoms with Crippen LogP contribution in [0.15, 0.2) is 72.1 Å². The monoisotopic (exact) mass is 836 g/mol. The number of carbonyl (C=O) groups is 4. The van der Waals surface area contributed by atoms with Gasteiger partial charge in [0.2, 0.25) is 11.8 Å². The first-order valence-electron chi connectivity index (χ1n) is 21.3. The number of hydrogen-bond donors (Lipinski definition) is 4. The molecule has 2 aromatic carbocycles. The fraction of sp³-hybridized carbons (Fsp3) is 0.447. The van der Waals surface area contributed by atoms with E-state index in [2.05, 4.69) is 63.1 Å². The largest absolute Gasteiger partial charge is 0.453 e. The molecule has 1 fully saturated rings. The SMILES string of the molecule is COC(=O)N[C@H](C(=O)N1CC(C)=C[C@H]1c1ncc(-c2ccc(-c3ccc(-c4cnc([C@@H]5C=C(C)CN5C(=O)[C@@H](NC(=O)OC)C(C)C)[nH]4)c4c3C3CCC4C3)cc2)[nH]1)C(C)C.[HH].[HH].[HH].[HH]. The zero-order valence-corrected chi connectivity index (χ0v) is 36.2. The molecule has 328 valence electrons. The third-order valence-corrected chi connectivity index (χ3v) is 12.8. The number of nitrogens with one attached hydrogen (secondary N) is 4. The van der Waals surface area contributed by atoms with E-state index in [0.717, 1.165) is 52.1 Å². The second kappa shape index (κ2) is 16.7. The highest BCUT2D eigenvalue weighted by Gasteiger charge is 2.42. The van der Waals surface area contributed by atoms with Crippen LogP contribution in [0.2, 0.25) is 0 Å². The standard InChI is InChI=1S/C47H56N8O6.4H2/c1-24(2)40(52-46(58)60-7)44(56)54-22-26(5)17-36(54)42-48-20-34(50-42)29-11-9-28(10-12-29)32-15-16-33(39-31-14-13-30(19-31)38(32)39)35-21-49-43(51-35)37-18-27(6)23-55(37)45(57)41(25(3)4)53-47(59)61-8;;;;/h9-12,15-18,20-21,24-25,30-31,36-37,40-41H,13-14,19,22-23H2,1-8H3,(H,48,50)(H,49,51)(H,52,58)(H,53,59);4*1H/t30?,31?,36-,37-,40-,41-;;;;/m0..../s1. The summed E-state index contributed by atoms with van der Waals surface area (Å²) in [5, 5.41) is 5.43. The van der Waals surface area contributed by atoms with Crippen molar-refractivity contribution < 1.29 is 34.4 Å². The minimum absolute atomic E-state index is 0. The second-order valence-electron chi connectivity index (χ2n) is 17.7. The number of H-pyrrole nitrogens is 2. The number of ether oxygens (including phenoxy) is 2. The fourth-order valence-corrected chi connectivity index (χ4v) is 9.79. The molecule has 4 heterocycles. The molecule has 4 amide bonds. The highest BCUT2D eigenvalue weighted by atomic mass is 16.5. The summed E-state index contributed by atoms with van der Waals surface area (Å²) < 4.78 is 9.61. The average Bonchev–Trinajstić information content (AvgIpc) is 4.12. The summed E-state index contributed by atoms with van der Waals surface area (Å²) in [5.74, 6) is 1.67. The van der Waals surface area contributed by atoms with Crippen molar-refractivity contribution in [1.82, 2.24) is 40.4 Å². The summed E-state index contributed by atoms with van der Waals surface area (Å²) in [5.41, 5.74) is 11.2. The molecule has 4 aromatic rings. The third-order valence-electron chi connectivity index (χ3n) is 12.8. The first-order chi connectivity index (χ1) is 29.3. The van der Waals surface area contributed by atoms with Gasteiger partial charge >= 0.3 is 12.2 Å². The van der Waals surface area contributed by atoms with Crippen LogP contribution in [-0.2, 0) is 19.1 Å². The molecule has 6 atom stereocenters. The minimum Gasteiger partial charge on any atom is -0.453 e. The zero-order chi connectivity index (χ0) is 43.3. The van der Waals surface area contributed by atoms with Gasteiger partial charge in [0.15, 0.2) is 0 Å². The molecule has 14 heteroatoms. The molecular formula is C47H64N8O6. The first-order valence-corrected chi connectivity index (χ1v) is 21.3. The van der Waals surface area contributed by atoms with Gasteiger partial charge < -0.3 is 39.9 Å². The summed E-state index contributed by atoms with van der Waals surface area (Å²) in [6, 6.07) is 10.8. The van der Waals surface area contributed by atoms with Crippen molar-refractivity contribution in [3.8, 4) is 33.6 Å². The lowest BCUT2D eigenvalue weighted by atomic mass is 9.82. The lowest BCUT2D eigenvalue weighted by Crippen LogP contribution is -2.51. The molecule has 0 spiro atoms. The summed E-state index contributed by atoms with van der Waals surface area (Å²) in [4.78, 5) is 72.0. The lowest BCUT2D eigenvalue weighted by molar-refractivity contribution is -0.135. The van der Waals surface area contributed by atoms with Gasteiger partial charge in [0.25, 0.3) is 0 Å². The normalized spacial score (nSPS) is 21.3. The number of hydrogen-bond acceptors (Lipinski definition) is 8. The molecule has 0 saturated heterocycles. The Morgan fingerprint density at radius 3 is 1.61 bits per heavy atom. The van der Waals surface area contributed by atoms with Crippen molar-refractivity contribution in [1.29, 1.82) is 0 Å². The van der Waals surface area contributed by atoms with Gasteiger partial charge in [-0.3, -0.25) is 9.59 Å². The van der Waals surface area contributed by atoms with Crippen LogP contribution in [0, 0.1) is 11.8 Å². The number of benzene rings is 2. The Bertz CT molecular complexity index is 2430. The van der Waals surface area contributed by atoms with Crippen LogP contribution in [0.3, 0.4) is 0 Å². The van der Waals surface area contributed by atoms with E-state index in [4.69, 9.17) is 19.4 Å². The predicted octanol–water partition coefficient (Wildman–Crippen LogP) is 8.90. The van der Waals surface area contributed by atoms with Crippen molar-refractivity contribution in [2.24, 2.45) is 11.8 Å². The van der Waals surface area contributed by atoms with Gasteiger partial charge in [-0.2, -0.15) is 0 Å².